The van der Waals surface area contributed by atoms with E-state index in [-0.39, 0.29) is 5.97 Å². The molecule has 0 aliphatic rings. The Morgan fingerprint density at radius 1 is 1.00 bits per heavy atom. The molecule has 0 aliphatic carbocycles. The van der Waals surface area contributed by atoms with Crippen LogP contribution in [0.5, 0.6) is 0 Å². The fourth-order valence-corrected chi connectivity index (χ4v) is 1.99. The summed E-state index contributed by atoms with van der Waals surface area (Å²) in [6.07, 6.45) is 11.5. The van der Waals surface area contributed by atoms with E-state index in [0.29, 0.717) is 6.42 Å². The fourth-order valence-electron chi connectivity index (χ4n) is 1.50. The number of unbranched alkanes of at least 4 members (excludes halogenated alkanes) is 6. The summed E-state index contributed by atoms with van der Waals surface area (Å²) in [7, 11) is 1.45. The lowest BCUT2D eigenvalue weighted by Crippen LogP contribution is -1.99. The van der Waals surface area contributed by atoms with Gasteiger partial charge in [-0.15, -0.1) is 0 Å². The fraction of sp³-hybridized carbons (Fsp3) is 0.917. The molecule has 0 bridgehead atoms. The van der Waals surface area contributed by atoms with Crippen molar-refractivity contribution in [2.75, 3.05) is 19.1 Å². The van der Waals surface area contributed by atoms with Gasteiger partial charge in [-0.2, -0.15) is 11.8 Å². The minimum absolute atomic E-state index is 0.0741. The van der Waals surface area contributed by atoms with Gasteiger partial charge in [0.05, 0.1) is 7.11 Å². The number of carbonyl (C=O) groups is 1. The molecule has 0 radical (unpaired) electrons. The van der Waals surface area contributed by atoms with Crippen LogP contribution in [-0.4, -0.2) is 25.1 Å². The van der Waals surface area contributed by atoms with Crippen molar-refractivity contribution in [2.24, 2.45) is 0 Å². The van der Waals surface area contributed by atoms with Crippen LogP contribution in [0.3, 0.4) is 0 Å². The minimum atomic E-state index is -0.0741. The molecule has 0 N–H and O–H groups in total. The van der Waals surface area contributed by atoms with Crippen LogP contribution in [0.1, 0.15) is 51.4 Å². The first kappa shape index (κ1) is 14.8. The van der Waals surface area contributed by atoms with Gasteiger partial charge in [0.2, 0.25) is 0 Å². The summed E-state index contributed by atoms with van der Waals surface area (Å²) in [5, 5.41) is 0. The van der Waals surface area contributed by atoms with Crippen LogP contribution in [-0.2, 0) is 9.53 Å². The predicted octanol–water partition coefficient (Wildman–Crippen LogP) is 3.64. The van der Waals surface area contributed by atoms with Gasteiger partial charge >= 0.3 is 5.97 Å². The highest BCUT2D eigenvalue weighted by atomic mass is 32.2. The van der Waals surface area contributed by atoms with Gasteiger partial charge < -0.3 is 4.74 Å². The zero-order chi connectivity index (χ0) is 11.4. The van der Waals surface area contributed by atoms with E-state index in [4.69, 9.17) is 0 Å². The quantitative estimate of drug-likeness (QED) is 0.425. The maximum absolute atomic E-state index is 10.8. The van der Waals surface area contributed by atoms with Crippen LogP contribution in [0.4, 0.5) is 0 Å². The number of hydrogen-bond acceptors (Lipinski definition) is 3. The topological polar surface area (TPSA) is 26.3 Å². The number of thioether (sulfide) groups is 1. The lowest BCUT2D eigenvalue weighted by Gasteiger charge is -2.01. The normalized spacial score (nSPS) is 10.3. The van der Waals surface area contributed by atoms with Crippen LogP contribution in [0.15, 0.2) is 0 Å². The molecule has 0 heterocycles. The molecular weight excluding hydrogens is 208 g/mol. The summed E-state index contributed by atoms with van der Waals surface area (Å²) in [6.45, 7) is 0. The molecular formula is C12H24O2S. The molecule has 0 aliphatic heterocycles. The van der Waals surface area contributed by atoms with Gasteiger partial charge in [0.15, 0.2) is 0 Å². The molecule has 0 amide bonds. The predicted molar refractivity (Wildman–Crippen MR) is 67.3 cm³/mol. The Kier molecular flexibility index (Phi) is 11.7. The first-order chi connectivity index (χ1) is 7.31. The lowest BCUT2D eigenvalue weighted by atomic mass is 10.1. The minimum Gasteiger partial charge on any atom is -0.469 e. The molecule has 0 rings (SSSR count). The third kappa shape index (κ3) is 11.7. The van der Waals surface area contributed by atoms with Gasteiger partial charge in [0.1, 0.15) is 0 Å². The molecule has 0 unspecified atom stereocenters. The summed E-state index contributed by atoms with van der Waals surface area (Å²) >= 11 is 1.93. The van der Waals surface area contributed by atoms with Crippen LogP contribution in [0, 0.1) is 0 Å². The van der Waals surface area contributed by atoms with E-state index in [2.05, 4.69) is 11.0 Å². The SMILES string of the molecule is COC(=O)CCCCCCCCCSC. The standard InChI is InChI=1S/C12H24O2S/c1-14-12(13)10-8-6-4-3-5-7-9-11-15-2/h3-11H2,1-2H3. The van der Waals surface area contributed by atoms with Gasteiger partial charge in [-0.3, -0.25) is 4.79 Å². The summed E-state index contributed by atoms with van der Waals surface area (Å²) in [5.74, 6) is 1.22. The number of rotatable bonds is 10. The molecule has 0 atom stereocenters. The smallest absolute Gasteiger partial charge is 0.305 e. The third-order valence-electron chi connectivity index (χ3n) is 2.46. The summed E-state index contributed by atoms with van der Waals surface area (Å²) < 4.78 is 4.58. The zero-order valence-corrected chi connectivity index (χ0v) is 10.9. The molecule has 0 aromatic rings. The van der Waals surface area contributed by atoms with Crippen molar-refractivity contribution in [2.45, 2.75) is 51.4 Å². The summed E-state index contributed by atoms with van der Waals surface area (Å²) in [5.41, 5.74) is 0. The average molecular weight is 232 g/mol. The van der Waals surface area contributed by atoms with E-state index in [9.17, 15) is 4.79 Å². The highest BCUT2D eigenvalue weighted by molar-refractivity contribution is 7.98. The van der Waals surface area contributed by atoms with Crippen molar-refractivity contribution in [3.63, 3.8) is 0 Å². The average Bonchev–Trinajstić information content (AvgIpc) is 2.26. The second-order valence-corrected chi connectivity index (χ2v) is 4.78. The molecule has 0 fully saturated rings. The van der Waals surface area contributed by atoms with Crippen LogP contribution in [0.2, 0.25) is 0 Å². The van der Waals surface area contributed by atoms with Crippen LogP contribution < -0.4 is 0 Å². The molecule has 0 saturated carbocycles. The first-order valence-electron chi connectivity index (χ1n) is 5.87. The highest BCUT2D eigenvalue weighted by Gasteiger charge is 1.98. The summed E-state index contributed by atoms with van der Waals surface area (Å²) in [6, 6.07) is 0. The van der Waals surface area contributed by atoms with E-state index >= 15 is 0 Å². The Balaban J connectivity index is 2.95. The number of ether oxygens (including phenoxy) is 1. The monoisotopic (exact) mass is 232 g/mol. The van der Waals surface area contributed by atoms with Gasteiger partial charge in [-0.05, 0) is 24.9 Å². The van der Waals surface area contributed by atoms with Crippen molar-refractivity contribution in [1.29, 1.82) is 0 Å². The number of esters is 1. The molecule has 0 spiro atoms. The molecule has 0 aromatic carbocycles. The molecule has 0 aromatic heterocycles. The Morgan fingerprint density at radius 3 is 2.07 bits per heavy atom. The molecule has 15 heavy (non-hydrogen) atoms. The van der Waals surface area contributed by atoms with Crippen LogP contribution >= 0.6 is 11.8 Å². The van der Waals surface area contributed by atoms with E-state index in [1.165, 1.54) is 45.0 Å². The molecule has 2 nitrogen and oxygen atoms in total. The highest BCUT2D eigenvalue weighted by Crippen LogP contribution is 2.10. The van der Waals surface area contributed by atoms with Gasteiger partial charge in [-0.25, -0.2) is 0 Å². The van der Waals surface area contributed by atoms with Crippen molar-refractivity contribution in [1.82, 2.24) is 0 Å². The maximum atomic E-state index is 10.8. The van der Waals surface area contributed by atoms with Crippen molar-refractivity contribution in [3.05, 3.63) is 0 Å². The van der Waals surface area contributed by atoms with Gasteiger partial charge in [0.25, 0.3) is 0 Å². The molecule has 90 valence electrons. The van der Waals surface area contributed by atoms with Crippen molar-refractivity contribution >= 4 is 17.7 Å². The Hall–Kier alpha value is -0.180. The molecule has 3 heteroatoms. The van der Waals surface area contributed by atoms with E-state index in [1.807, 2.05) is 11.8 Å². The molecule has 0 saturated heterocycles. The maximum Gasteiger partial charge on any atom is 0.305 e. The van der Waals surface area contributed by atoms with E-state index in [0.717, 1.165) is 12.8 Å². The zero-order valence-electron chi connectivity index (χ0n) is 10.1. The number of hydrogen-bond donors (Lipinski definition) is 0. The lowest BCUT2D eigenvalue weighted by molar-refractivity contribution is -0.140. The number of methoxy groups -OCH3 is 1. The van der Waals surface area contributed by atoms with E-state index < -0.39 is 0 Å². The summed E-state index contributed by atoms with van der Waals surface area (Å²) in [4.78, 5) is 10.8. The first-order valence-corrected chi connectivity index (χ1v) is 7.26. The largest absolute Gasteiger partial charge is 0.469 e. The second kappa shape index (κ2) is 11.9. The third-order valence-corrected chi connectivity index (χ3v) is 3.15. The Bertz CT molecular complexity index is 149. The van der Waals surface area contributed by atoms with Gasteiger partial charge in [-0.1, -0.05) is 32.1 Å². The van der Waals surface area contributed by atoms with Crippen molar-refractivity contribution < 1.29 is 9.53 Å². The van der Waals surface area contributed by atoms with Gasteiger partial charge in [0, 0.05) is 6.42 Å². The second-order valence-electron chi connectivity index (χ2n) is 3.79. The Morgan fingerprint density at radius 2 is 1.53 bits per heavy atom. The Labute approximate surface area is 98.2 Å². The number of carbonyl (C=O) groups excluding carboxylic acids is 1. The van der Waals surface area contributed by atoms with E-state index in [1.54, 1.807) is 0 Å². The van der Waals surface area contributed by atoms with Crippen molar-refractivity contribution in [3.8, 4) is 0 Å². The van der Waals surface area contributed by atoms with Crippen LogP contribution in [0.25, 0.3) is 0 Å².